The number of aromatic hydroxyl groups is 1. The number of imide groups is 1. The first-order valence-corrected chi connectivity index (χ1v) is 10.2. The van der Waals surface area contributed by atoms with E-state index in [4.69, 9.17) is 0 Å². The van der Waals surface area contributed by atoms with Crippen molar-refractivity contribution in [2.45, 2.75) is 32.3 Å². The SMILES string of the molecule is C/C(=C\c1cccc(O)c1)CC[C@@H](O)C1=C(CO)C[C@H]2C(=O)N(C)C(=O)[C@H]2[C@H]1CO. The van der Waals surface area contributed by atoms with Crippen LogP contribution in [0, 0.1) is 17.8 Å². The molecule has 2 amide bonds. The summed E-state index contributed by atoms with van der Waals surface area (Å²) in [5, 5.41) is 40.4. The van der Waals surface area contributed by atoms with E-state index in [2.05, 4.69) is 0 Å². The van der Waals surface area contributed by atoms with E-state index in [1.165, 1.54) is 7.05 Å². The molecule has 4 N–H and O–H groups in total. The molecular formula is C23H29NO6. The van der Waals surface area contributed by atoms with Gasteiger partial charge in [-0.15, -0.1) is 0 Å². The van der Waals surface area contributed by atoms with Gasteiger partial charge >= 0.3 is 0 Å². The first kappa shape index (κ1) is 22.2. The van der Waals surface area contributed by atoms with Crippen LogP contribution in [0.3, 0.4) is 0 Å². The molecule has 2 aliphatic rings. The number of fused-ring (bicyclic) bond motifs is 1. The maximum atomic E-state index is 12.6. The number of carbonyl (C=O) groups excluding carboxylic acids is 2. The minimum absolute atomic E-state index is 0.178. The smallest absolute Gasteiger partial charge is 0.233 e. The minimum atomic E-state index is -0.938. The van der Waals surface area contributed by atoms with Gasteiger partial charge in [0.2, 0.25) is 11.8 Å². The maximum Gasteiger partial charge on any atom is 0.233 e. The Kier molecular flexibility index (Phi) is 6.75. The predicted octanol–water partition coefficient (Wildman–Crippen LogP) is 1.47. The van der Waals surface area contributed by atoms with Gasteiger partial charge in [-0.3, -0.25) is 14.5 Å². The Balaban J connectivity index is 1.79. The Labute approximate surface area is 176 Å². The van der Waals surface area contributed by atoms with E-state index >= 15 is 0 Å². The van der Waals surface area contributed by atoms with Gasteiger partial charge in [0.15, 0.2) is 0 Å². The van der Waals surface area contributed by atoms with E-state index in [-0.39, 0.29) is 37.2 Å². The van der Waals surface area contributed by atoms with Crippen LogP contribution in [0.2, 0.25) is 0 Å². The highest BCUT2D eigenvalue weighted by Crippen LogP contribution is 2.45. The maximum absolute atomic E-state index is 12.6. The molecule has 0 aromatic heterocycles. The van der Waals surface area contributed by atoms with Gasteiger partial charge in [-0.05, 0) is 55.0 Å². The highest BCUT2D eigenvalue weighted by molar-refractivity contribution is 6.05. The number of likely N-dealkylation sites (tertiary alicyclic amines) is 1. The normalized spacial score (nSPS) is 25.7. The molecule has 162 valence electrons. The second-order valence-electron chi connectivity index (χ2n) is 8.22. The van der Waals surface area contributed by atoms with Crippen LogP contribution in [-0.2, 0) is 9.59 Å². The first-order chi connectivity index (χ1) is 14.3. The zero-order valence-corrected chi connectivity index (χ0v) is 17.3. The van der Waals surface area contributed by atoms with E-state index in [0.29, 0.717) is 24.0 Å². The van der Waals surface area contributed by atoms with Crippen LogP contribution in [0.1, 0.15) is 31.7 Å². The zero-order chi connectivity index (χ0) is 22.0. The molecule has 1 aromatic rings. The summed E-state index contributed by atoms with van der Waals surface area (Å²) in [6.07, 6.45) is 2.11. The Bertz CT molecular complexity index is 889. The molecule has 7 nitrogen and oxygen atoms in total. The van der Waals surface area contributed by atoms with Crippen molar-refractivity contribution in [3.63, 3.8) is 0 Å². The van der Waals surface area contributed by atoms with Crippen LogP contribution in [0.25, 0.3) is 6.08 Å². The van der Waals surface area contributed by atoms with Crippen LogP contribution in [0.4, 0.5) is 0 Å². The molecule has 7 heteroatoms. The molecule has 1 saturated heterocycles. The molecule has 3 rings (SSSR count). The van der Waals surface area contributed by atoms with Crippen molar-refractivity contribution < 1.29 is 30.0 Å². The lowest BCUT2D eigenvalue weighted by Crippen LogP contribution is -2.39. The number of rotatable bonds is 7. The highest BCUT2D eigenvalue weighted by atomic mass is 16.3. The minimum Gasteiger partial charge on any atom is -0.508 e. The second kappa shape index (κ2) is 9.12. The van der Waals surface area contributed by atoms with Crippen LogP contribution in [0.15, 0.2) is 41.0 Å². The third kappa shape index (κ3) is 4.19. The quantitative estimate of drug-likeness (QED) is 0.396. The fourth-order valence-corrected chi connectivity index (χ4v) is 4.75. The summed E-state index contributed by atoms with van der Waals surface area (Å²) >= 11 is 0. The Morgan fingerprint density at radius 2 is 2.00 bits per heavy atom. The average molecular weight is 415 g/mol. The molecular weight excluding hydrogens is 386 g/mol. The van der Waals surface area contributed by atoms with Crippen molar-refractivity contribution in [2.24, 2.45) is 17.8 Å². The average Bonchev–Trinajstić information content (AvgIpc) is 2.94. The highest BCUT2D eigenvalue weighted by Gasteiger charge is 2.53. The molecule has 1 heterocycles. The van der Waals surface area contributed by atoms with Crippen molar-refractivity contribution in [3.05, 3.63) is 46.5 Å². The van der Waals surface area contributed by atoms with E-state index in [9.17, 15) is 30.0 Å². The number of hydrogen-bond acceptors (Lipinski definition) is 6. The van der Waals surface area contributed by atoms with Crippen molar-refractivity contribution in [2.75, 3.05) is 20.3 Å². The fraction of sp³-hybridized carbons (Fsp3) is 0.478. The summed E-state index contributed by atoms with van der Waals surface area (Å²) in [6, 6.07) is 6.86. The Morgan fingerprint density at radius 1 is 1.27 bits per heavy atom. The van der Waals surface area contributed by atoms with E-state index in [1.54, 1.807) is 18.2 Å². The van der Waals surface area contributed by atoms with Gasteiger partial charge in [-0.2, -0.15) is 0 Å². The van der Waals surface area contributed by atoms with Gasteiger partial charge in [-0.25, -0.2) is 0 Å². The third-order valence-corrected chi connectivity index (χ3v) is 6.25. The monoisotopic (exact) mass is 415 g/mol. The summed E-state index contributed by atoms with van der Waals surface area (Å²) < 4.78 is 0. The Hall–Kier alpha value is -2.48. The summed E-state index contributed by atoms with van der Waals surface area (Å²) in [6.45, 7) is 1.23. The number of aliphatic hydroxyl groups is 3. The lowest BCUT2D eigenvalue weighted by atomic mass is 9.68. The second-order valence-corrected chi connectivity index (χ2v) is 8.22. The van der Waals surface area contributed by atoms with Gasteiger partial charge in [-0.1, -0.05) is 23.8 Å². The van der Waals surface area contributed by atoms with Gasteiger partial charge in [0, 0.05) is 13.0 Å². The Morgan fingerprint density at radius 3 is 2.63 bits per heavy atom. The van der Waals surface area contributed by atoms with Crippen molar-refractivity contribution in [1.29, 1.82) is 0 Å². The summed E-state index contributed by atoms with van der Waals surface area (Å²) in [4.78, 5) is 26.1. The number of hydrogen-bond donors (Lipinski definition) is 4. The third-order valence-electron chi connectivity index (χ3n) is 6.25. The molecule has 1 aliphatic heterocycles. The van der Waals surface area contributed by atoms with Crippen LogP contribution >= 0.6 is 0 Å². The molecule has 0 radical (unpaired) electrons. The fourth-order valence-electron chi connectivity index (χ4n) is 4.75. The standard InChI is InChI=1S/C23H29NO6/c1-13(8-14-4-3-5-16(27)9-14)6-7-19(28)20-15(11-25)10-17-21(18(20)12-26)23(30)24(2)22(17)29/h3-5,8-9,17-19,21,25-28H,6-7,10-12H2,1-2H3/b13-8+/t17-,18+,19-,21-/m1/s1. The molecule has 1 aliphatic carbocycles. The number of carbonyl (C=O) groups is 2. The molecule has 0 saturated carbocycles. The van der Waals surface area contributed by atoms with Crippen molar-refractivity contribution in [1.82, 2.24) is 4.90 Å². The topological polar surface area (TPSA) is 118 Å². The number of phenolic OH excluding ortho intramolecular Hbond substituents is 1. The van der Waals surface area contributed by atoms with Crippen LogP contribution in [-0.4, -0.2) is 63.5 Å². The lowest BCUT2D eigenvalue weighted by molar-refractivity contribution is -0.138. The number of amides is 2. The molecule has 30 heavy (non-hydrogen) atoms. The number of benzene rings is 1. The van der Waals surface area contributed by atoms with Crippen molar-refractivity contribution >= 4 is 17.9 Å². The first-order valence-electron chi connectivity index (χ1n) is 10.2. The van der Waals surface area contributed by atoms with Gasteiger partial charge in [0.25, 0.3) is 0 Å². The van der Waals surface area contributed by atoms with Crippen LogP contribution in [0.5, 0.6) is 5.75 Å². The number of phenols is 1. The van der Waals surface area contributed by atoms with Gasteiger partial charge < -0.3 is 20.4 Å². The van der Waals surface area contributed by atoms with E-state index < -0.39 is 23.9 Å². The molecule has 1 fully saturated rings. The largest absolute Gasteiger partial charge is 0.508 e. The molecule has 0 spiro atoms. The lowest BCUT2D eigenvalue weighted by Gasteiger charge is -2.36. The summed E-state index contributed by atoms with van der Waals surface area (Å²) in [5.74, 6) is -2.43. The molecule has 1 aromatic carbocycles. The van der Waals surface area contributed by atoms with Gasteiger partial charge in [0.05, 0.1) is 31.2 Å². The summed E-state index contributed by atoms with van der Waals surface area (Å²) in [5.41, 5.74) is 2.87. The predicted molar refractivity (Wildman–Crippen MR) is 111 cm³/mol. The van der Waals surface area contributed by atoms with E-state index in [1.807, 2.05) is 19.1 Å². The number of allylic oxidation sites excluding steroid dienone is 1. The van der Waals surface area contributed by atoms with Gasteiger partial charge in [0.1, 0.15) is 5.75 Å². The summed E-state index contributed by atoms with van der Waals surface area (Å²) in [7, 11) is 1.43. The molecule has 0 bridgehead atoms. The van der Waals surface area contributed by atoms with E-state index in [0.717, 1.165) is 16.0 Å². The van der Waals surface area contributed by atoms with Crippen LogP contribution < -0.4 is 0 Å². The number of aliphatic hydroxyl groups excluding tert-OH is 3. The number of nitrogens with zero attached hydrogens (tertiary/aromatic N) is 1. The molecule has 4 atom stereocenters. The zero-order valence-electron chi connectivity index (χ0n) is 17.3. The van der Waals surface area contributed by atoms with Crippen molar-refractivity contribution in [3.8, 4) is 5.75 Å². The molecule has 0 unspecified atom stereocenters.